The van der Waals surface area contributed by atoms with Crippen LogP contribution in [0.3, 0.4) is 0 Å². The molecular weight excluding hydrogens is 208 g/mol. The predicted octanol–water partition coefficient (Wildman–Crippen LogP) is 0.446. The monoisotopic (exact) mass is 220 g/mol. The Labute approximate surface area is 92.8 Å². The number of imide groups is 1. The first kappa shape index (κ1) is 10.5. The Morgan fingerprint density at radius 3 is 2.44 bits per heavy atom. The van der Waals surface area contributed by atoms with Crippen LogP contribution in [0, 0.1) is 0 Å². The van der Waals surface area contributed by atoms with Gasteiger partial charge < -0.3 is 10.1 Å². The molecule has 84 valence electrons. The molecule has 1 atom stereocenters. The summed E-state index contributed by atoms with van der Waals surface area (Å²) < 4.78 is 5.03. The molecule has 2 rings (SSSR count). The minimum atomic E-state index is -0.471. The van der Waals surface area contributed by atoms with Crippen molar-refractivity contribution in [3.8, 4) is 5.75 Å². The van der Waals surface area contributed by atoms with Gasteiger partial charge in [-0.1, -0.05) is 12.1 Å². The molecule has 0 aromatic heterocycles. The van der Waals surface area contributed by atoms with Crippen molar-refractivity contribution in [1.29, 1.82) is 0 Å². The maximum atomic E-state index is 11.3. The number of methoxy groups -OCH3 is 1. The number of benzene rings is 1. The SMILES string of the molecule is COc1ccc(CC2NC(=O)NC2=O)cc1. The molecule has 1 aliphatic heterocycles. The molecule has 1 heterocycles. The first-order valence-corrected chi connectivity index (χ1v) is 4.93. The van der Waals surface area contributed by atoms with E-state index in [1.807, 2.05) is 24.3 Å². The van der Waals surface area contributed by atoms with Gasteiger partial charge in [0.2, 0.25) is 0 Å². The molecule has 2 N–H and O–H groups in total. The highest BCUT2D eigenvalue weighted by Gasteiger charge is 2.29. The molecule has 1 aromatic rings. The molecular formula is C11H12N2O3. The Balaban J connectivity index is 2.03. The summed E-state index contributed by atoms with van der Waals surface area (Å²) in [6.45, 7) is 0. The molecule has 0 bridgehead atoms. The van der Waals surface area contributed by atoms with E-state index in [0.717, 1.165) is 11.3 Å². The zero-order valence-electron chi connectivity index (χ0n) is 8.82. The maximum absolute atomic E-state index is 11.3. The van der Waals surface area contributed by atoms with Crippen molar-refractivity contribution in [1.82, 2.24) is 10.6 Å². The predicted molar refractivity (Wildman–Crippen MR) is 57.2 cm³/mol. The maximum Gasteiger partial charge on any atom is 0.322 e. The van der Waals surface area contributed by atoms with Crippen molar-refractivity contribution < 1.29 is 14.3 Å². The standard InChI is InChI=1S/C11H12N2O3/c1-16-8-4-2-7(3-5-8)6-9-10(14)13-11(15)12-9/h2-5,9H,6H2,1H3,(H2,12,13,14,15). The number of amides is 3. The van der Waals surface area contributed by atoms with E-state index < -0.39 is 12.1 Å². The summed E-state index contributed by atoms with van der Waals surface area (Å²) in [5.41, 5.74) is 0.975. The number of hydrogen-bond donors (Lipinski definition) is 2. The van der Waals surface area contributed by atoms with Gasteiger partial charge in [0.15, 0.2) is 0 Å². The smallest absolute Gasteiger partial charge is 0.322 e. The second-order valence-corrected chi connectivity index (χ2v) is 3.57. The van der Waals surface area contributed by atoms with E-state index in [9.17, 15) is 9.59 Å². The number of hydrogen-bond acceptors (Lipinski definition) is 3. The molecule has 3 amide bonds. The topological polar surface area (TPSA) is 67.4 Å². The van der Waals surface area contributed by atoms with Gasteiger partial charge in [0.05, 0.1) is 7.11 Å². The zero-order valence-corrected chi connectivity index (χ0v) is 8.82. The molecule has 1 saturated heterocycles. The van der Waals surface area contributed by atoms with Crippen LogP contribution >= 0.6 is 0 Å². The van der Waals surface area contributed by atoms with E-state index in [1.165, 1.54) is 0 Å². The summed E-state index contributed by atoms with van der Waals surface area (Å²) in [5, 5.41) is 4.75. The van der Waals surface area contributed by atoms with Crippen molar-refractivity contribution in [2.45, 2.75) is 12.5 Å². The number of nitrogens with one attached hydrogen (secondary N) is 2. The van der Waals surface area contributed by atoms with Gasteiger partial charge in [-0.15, -0.1) is 0 Å². The summed E-state index contributed by atoms with van der Waals surface area (Å²) in [6.07, 6.45) is 0.488. The molecule has 5 heteroatoms. The Kier molecular flexibility index (Phi) is 2.76. The van der Waals surface area contributed by atoms with Crippen LogP contribution in [-0.4, -0.2) is 25.1 Å². The Morgan fingerprint density at radius 1 is 1.25 bits per heavy atom. The van der Waals surface area contributed by atoms with Gasteiger partial charge in [-0.2, -0.15) is 0 Å². The van der Waals surface area contributed by atoms with Gasteiger partial charge in [0.1, 0.15) is 11.8 Å². The lowest BCUT2D eigenvalue weighted by atomic mass is 10.1. The van der Waals surface area contributed by atoms with Crippen molar-refractivity contribution in [3.05, 3.63) is 29.8 Å². The lowest BCUT2D eigenvalue weighted by molar-refractivity contribution is -0.120. The third-order valence-corrected chi connectivity index (χ3v) is 2.46. The van der Waals surface area contributed by atoms with E-state index in [0.29, 0.717) is 6.42 Å². The highest BCUT2D eigenvalue weighted by Crippen LogP contribution is 2.13. The van der Waals surface area contributed by atoms with Gasteiger partial charge >= 0.3 is 6.03 Å². The van der Waals surface area contributed by atoms with Gasteiger partial charge in [-0.25, -0.2) is 4.79 Å². The largest absolute Gasteiger partial charge is 0.497 e. The molecule has 0 radical (unpaired) electrons. The normalized spacial score (nSPS) is 19.2. The fourth-order valence-corrected chi connectivity index (χ4v) is 1.60. The molecule has 1 aliphatic rings. The van der Waals surface area contributed by atoms with Crippen LogP contribution in [0.15, 0.2) is 24.3 Å². The lowest BCUT2D eigenvalue weighted by Gasteiger charge is -2.07. The first-order valence-electron chi connectivity index (χ1n) is 4.93. The molecule has 0 spiro atoms. The molecule has 0 aliphatic carbocycles. The molecule has 16 heavy (non-hydrogen) atoms. The van der Waals surface area contributed by atoms with Gasteiger partial charge in [0.25, 0.3) is 5.91 Å². The highest BCUT2D eigenvalue weighted by atomic mass is 16.5. The summed E-state index contributed by atoms with van der Waals surface area (Å²) >= 11 is 0. The third-order valence-electron chi connectivity index (χ3n) is 2.46. The summed E-state index contributed by atoms with van der Waals surface area (Å²) in [4.78, 5) is 22.2. The van der Waals surface area contributed by atoms with Gasteiger partial charge in [-0.05, 0) is 17.7 Å². The zero-order chi connectivity index (χ0) is 11.5. The van der Waals surface area contributed by atoms with Crippen molar-refractivity contribution in [2.24, 2.45) is 0 Å². The van der Waals surface area contributed by atoms with Crippen LogP contribution in [0.25, 0.3) is 0 Å². The number of carbonyl (C=O) groups excluding carboxylic acids is 2. The van der Waals surface area contributed by atoms with E-state index in [-0.39, 0.29) is 5.91 Å². The molecule has 0 saturated carbocycles. The van der Waals surface area contributed by atoms with E-state index >= 15 is 0 Å². The fraction of sp³-hybridized carbons (Fsp3) is 0.273. The number of ether oxygens (including phenoxy) is 1. The fourth-order valence-electron chi connectivity index (χ4n) is 1.60. The molecule has 5 nitrogen and oxygen atoms in total. The van der Waals surface area contributed by atoms with E-state index in [1.54, 1.807) is 7.11 Å². The number of rotatable bonds is 3. The van der Waals surface area contributed by atoms with Crippen LogP contribution in [0.4, 0.5) is 4.79 Å². The van der Waals surface area contributed by atoms with Crippen LogP contribution < -0.4 is 15.4 Å². The summed E-state index contributed by atoms with van der Waals surface area (Å²) in [7, 11) is 1.60. The summed E-state index contributed by atoms with van der Waals surface area (Å²) in [6, 6.07) is 6.49. The second-order valence-electron chi connectivity index (χ2n) is 3.57. The highest BCUT2D eigenvalue weighted by molar-refractivity contribution is 6.04. The van der Waals surface area contributed by atoms with E-state index in [4.69, 9.17) is 4.74 Å². The Morgan fingerprint density at radius 2 is 1.94 bits per heavy atom. The average Bonchev–Trinajstić information content (AvgIpc) is 2.59. The number of urea groups is 1. The van der Waals surface area contributed by atoms with Crippen LogP contribution in [0.5, 0.6) is 5.75 Å². The Hall–Kier alpha value is -2.04. The Bertz CT molecular complexity index is 414. The van der Waals surface area contributed by atoms with Gasteiger partial charge in [0, 0.05) is 6.42 Å². The first-order chi connectivity index (χ1) is 7.69. The van der Waals surface area contributed by atoms with E-state index in [2.05, 4.69) is 10.6 Å². The van der Waals surface area contributed by atoms with Crippen LogP contribution in [-0.2, 0) is 11.2 Å². The molecule has 1 fully saturated rings. The van der Waals surface area contributed by atoms with Gasteiger partial charge in [-0.3, -0.25) is 10.1 Å². The van der Waals surface area contributed by atoms with Crippen LogP contribution in [0.2, 0.25) is 0 Å². The minimum absolute atomic E-state index is 0.277. The third kappa shape index (κ3) is 2.13. The molecule has 1 unspecified atom stereocenters. The van der Waals surface area contributed by atoms with Crippen LogP contribution in [0.1, 0.15) is 5.56 Å². The summed E-state index contributed by atoms with van der Waals surface area (Å²) in [5.74, 6) is 0.490. The minimum Gasteiger partial charge on any atom is -0.497 e. The molecule has 1 aromatic carbocycles. The lowest BCUT2D eigenvalue weighted by Crippen LogP contribution is -2.31. The quantitative estimate of drug-likeness (QED) is 0.726. The van der Waals surface area contributed by atoms with Crippen molar-refractivity contribution in [3.63, 3.8) is 0 Å². The second kappa shape index (κ2) is 4.22. The average molecular weight is 220 g/mol. The van der Waals surface area contributed by atoms with Crippen molar-refractivity contribution in [2.75, 3.05) is 7.11 Å². The van der Waals surface area contributed by atoms with Crippen molar-refractivity contribution >= 4 is 11.9 Å². The number of carbonyl (C=O) groups is 2.